The third kappa shape index (κ3) is 4.24. The summed E-state index contributed by atoms with van der Waals surface area (Å²) in [5.41, 5.74) is 0. The molecule has 0 saturated carbocycles. The summed E-state index contributed by atoms with van der Waals surface area (Å²) in [4.78, 5) is 5.58. The van der Waals surface area contributed by atoms with E-state index in [-0.39, 0.29) is 0 Å². The minimum absolute atomic E-state index is 0.639. The van der Waals surface area contributed by atoms with E-state index in [1.165, 1.54) is 11.4 Å². The number of anilines is 1. The lowest BCUT2D eigenvalue weighted by Crippen LogP contribution is -1.99. The second-order valence-corrected chi connectivity index (χ2v) is 7.00. The second-order valence-electron chi connectivity index (χ2n) is 4.91. The van der Waals surface area contributed by atoms with Gasteiger partial charge in [0.25, 0.3) is 0 Å². The van der Waals surface area contributed by atoms with Gasteiger partial charge in [-0.1, -0.05) is 38.5 Å². The summed E-state index contributed by atoms with van der Waals surface area (Å²) in [6.45, 7) is 7.57. The number of nitrogens with zero attached hydrogens (tertiary/aromatic N) is 3. The van der Waals surface area contributed by atoms with Crippen molar-refractivity contribution in [1.82, 2.24) is 15.2 Å². The number of hydrogen-bond acceptors (Lipinski definition) is 6. The van der Waals surface area contributed by atoms with Crippen LogP contribution in [0.3, 0.4) is 0 Å². The van der Waals surface area contributed by atoms with Crippen molar-refractivity contribution in [3.05, 3.63) is 11.2 Å². The van der Waals surface area contributed by atoms with Gasteiger partial charge < -0.3 is 5.32 Å². The Bertz CT molecular complexity index is 504. The van der Waals surface area contributed by atoms with Crippen LogP contribution in [0.1, 0.15) is 38.6 Å². The lowest BCUT2D eigenvalue weighted by molar-refractivity contribution is 0.644. The number of rotatable bonds is 7. The van der Waals surface area contributed by atoms with Crippen molar-refractivity contribution in [3.8, 4) is 9.88 Å². The summed E-state index contributed by atoms with van der Waals surface area (Å²) in [6, 6.07) is 0. The zero-order valence-corrected chi connectivity index (χ0v) is 13.3. The highest BCUT2D eigenvalue weighted by molar-refractivity contribution is 7.23. The molecule has 1 N–H and O–H groups in total. The van der Waals surface area contributed by atoms with Crippen LogP contribution in [0.25, 0.3) is 9.88 Å². The number of unbranched alkanes of at least 4 members (excludes halogenated alkanes) is 1. The molecule has 0 aliphatic rings. The van der Waals surface area contributed by atoms with Crippen molar-refractivity contribution < 1.29 is 0 Å². The molecule has 2 aromatic rings. The maximum atomic E-state index is 4.45. The van der Waals surface area contributed by atoms with Crippen molar-refractivity contribution in [2.45, 2.75) is 40.0 Å². The van der Waals surface area contributed by atoms with Gasteiger partial charge in [-0.05, 0) is 12.3 Å². The van der Waals surface area contributed by atoms with E-state index in [4.69, 9.17) is 0 Å². The Labute approximate surface area is 122 Å². The number of hydrogen-bond donors (Lipinski definition) is 1. The molecule has 0 aliphatic carbocycles. The van der Waals surface area contributed by atoms with E-state index in [0.717, 1.165) is 34.4 Å². The van der Waals surface area contributed by atoms with Gasteiger partial charge in [-0.2, -0.15) is 0 Å². The molecule has 0 aromatic carbocycles. The van der Waals surface area contributed by atoms with Gasteiger partial charge in [0.05, 0.1) is 9.88 Å². The van der Waals surface area contributed by atoms with Gasteiger partial charge in [0.2, 0.25) is 5.13 Å². The molecule has 2 rings (SSSR count). The van der Waals surface area contributed by atoms with Crippen molar-refractivity contribution in [2.24, 2.45) is 5.92 Å². The van der Waals surface area contributed by atoms with Crippen LogP contribution in [0, 0.1) is 5.92 Å². The molecule has 4 nitrogen and oxygen atoms in total. The van der Waals surface area contributed by atoms with Crippen LogP contribution in [0.4, 0.5) is 5.13 Å². The molecule has 0 unspecified atom stereocenters. The van der Waals surface area contributed by atoms with E-state index >= 15 is 0 Å². The van der Waals surface area contributed by atoms with E-state index < -0.39 is 0 Å². The monoisotopic (exact) mass is 296 g/mol. The zero-order valence-electron chi connectivity index (χ0n) is 11.6. The zero-order chi connectivity index (χ0) is 13.7. The first kappa shape index (κ1) is 14.4. The van der Waals surface area contributed by atoms with Gasteiger partial charge >= 0.3 is 0 Å². The largest absolute Gasteiger partial charge is 0.360 e. The van der Waals surface area contributed by atoms with Crippen molar-refractivity contribution in [3.63, 3.8) is 0 Å². The van der Waals surface area contributed by atoms with E-state index in [1.54, 1.807) is 22.7 Å². The number of aromatic nitrogens is 3. The summed E-state index contributed by atoms with van der Waals surface area (Å²) in [5, 5.41) is 14.8. The Hall–Kier alpha value is -1.01. The van der Waals surface area contributed by atoms with Crippen LogP contribution in [-0.4, -0.2) is 21.7 Å². The predicted molar refractivity (Wildman–Crippen MR) is 83.0 cm³/mol. The van der Waals surface area contributed by atoms with Gasteiger partial charge in [0.15, 0.2) is 5.01 Å². The summed E-state index contributed by atoms with van der Waals surface area (Å²) >= 11 is 3.33. The number of nitrogens with one attached hydrogen (secondary N) is 1. The van der Waals surface area contributed by atoms with Gasteiger partial charge in [0.1, 0.15) is 0 Å². The lowest BCUT2D eigenvalue weighted by Gasteiger charge is -1.98. The van der Waals surface area contributed by atoms with Crippen LogP contribution < -0.4 is 5.32 Å². The Morgan fingerprint density at radius 1 is 1.26 bits per heavy atom. The Balaban J connectivity index is 1.99. The maximum Gasteiger partial charge on any atom is 0.206 e. The third-order valence-corrected chi connectivity index (χ3v) is 4.65. The van der Waals surface area contributed by atoms with Gasteiger partial charge in [-0.3, -0.25) is 0 Å². The Kier molecular flexibility index (Phi) is 5.27. The highest BCUT2D eigenvalue weighted by Crippen LogP contribution is 2.31. The fourth-order valence-corrected chi connectivity index (χ4v) is 3.55. The van der Waals surface area contributed by atoms with E-state index in [0.29, 0.717) is 5.92 Å². The molecular formula is C13H20N4S2. The molecule has 2 heterocycles. The van der Waals surface area contributed by atoms with Crippen molar-refractivity contribution in [2.75, 3.05) is 11.9 Å². The van der Waals surface area contributed by atoms with Crippen molar-refractivity contribution in [1.29, 1.82) is 0 Å². The summed E-state index contributed by atoms with van der Waals surface area (Å²) in [6.07, 6.45) is 5.30. The standard InChI is InChI=1S/C13H20N4S2/c1-4-5-6-14-13-17-16-12(19-13)10-8-15-11(18-10)7-9(2)3/h8-9H,4-7H2,1-3H3,(H,14,17). The maximum absolute atomic E-state index is 4.45. The molecular weight excluding hydrogens is 276 g/mol. The molecule has 0 bridgehead atoms. The van der Waals surface area contributed by atoms with Crippen LogP contribution in [-0.2, 0) is 6.42 Å². The van der Waals surface area contributed by atoms with Gasteiger partial charge in [-0.15, -0.1) is 21.5 Å². The van der Waals surface area contributed by atoms with Crippen molar-refractivity contribution >= 4 is 27.8 Å². The first-order chi connectivity index (χ1) is 9.19. The molecule has 0 radical (unpaired) electrons. The molecule has 0 fully saturated rings. The molecule has 0 spiro atoms. The minimum atomic E-state index is 0.639. The highest BCUT2D eigenvalue weighted by Gasteiger charge is 2.11. The molecule has 19 heavy (non-hydrogen) atoms. The number of thiazole rings is 1. The normalized spacial score (nSPS) is 11.2. The van der Waals surface area contributed by atoms with E-state index in [1.807, 2.05) is 6.20 Å². The molecule has 0 amide bonds. The molecule has 0 saturated heterocycles. The highest BCUT2D eigenvalue weighted by atomic mass is 32.1. The molecule has 0 aliphatic heterocycles. The third-order valence-electron chi connectivity index (χ3n) is 2.58. The van der Waals surface area contributed by atoms with Crippen LogP contribution in [0.5, 0.6) is 0 Å². The topological polar surface area (TPSA) is 50.7 Å². The van der Waals surface area contributed by atoms with Gasteiger partial charge in [-0.25, -0.2) is 4.98 Å². The summed E-state index contributed by atoms with van der Waals surface area (Å²) in [5.74, 6) is 0.639. The molecule has 2 aromatic heterocycles. The SMILES string of the molecule is CCCCNc1nnc(-c2cnc(CC(C)C)s2)s1. The van der Waals surface area contributed by atoms with Crippen LogP contribution >= 0.6 is 22.7 Å². The average Bonchev–Trinajstić information content (AvgIpc) is 2.97. The van der Waals surface area contributed by atoms with E-state index in [2.05, 4.69) is 41.3 Å². The molecule has 6 heteroatoms. The fourth-order valence-electron chi connectivity index (χ4n) is 1.62. The van der Waals surface area contributed by atoms with E-state index in [9.17, 15) is 0 Å². The summed E-state index contributed by atoms with van der Waals surface area (Å²) < 4.78 is 0. The minimum Gasteiger partial charge on any atom is -0.360 e. The van der Waals surface area contributed by atoms with Gasteiger partial charge in [0, 0.05) is 19.2 Å². The Morgan fingerprint density at radius 3 is 2.84 bits per heavy atom. The first-order valence-electron chi connectivity index (χ1n) is 6.71. The Morgan fingerprint density at radius 2 is 2.11 bits per heavy atom. The second kappa shape index (κ2) is 6.96. The fraction of sp³-hybridized carbons (Fsp3) is 0.615. The lowest BCUT2D eigenvalue weighted by atomic mass is 10.1. The molecule has 104 valence electrons. The molecule has 0 atom stereocenters. The summed E-state index contributed by atoms with van der Waals surface area (Å²) in [7, 11) is 0. The van der Waals surface area contributed by atoms with Crippen LogP contribution in [0.2, 0.25) is 0 Å². The average molecular weight is 296 g/mol. The predicted octanol–water partition coefficient (Wildman–Crippen LogP) is 4.07. The quantitative estimate of drug-likeness (QED) is 0.782. The van der Waals surface area contributed by atoms with Crippen LogP contribution in [0.15, 0.2) is 6.20 Å². The smallest absolute Gasteiger partial charge is 0.206 e. The first-order valence-corrected chi connectivity index (χ1v) is 8.34.